The van der Waals surface area contributed by atoms with Crippen LogP contribution in [0, 0.1) is 5.92 Å². The monoisotopic (exact) mass is 483 g/mol. The number of nitrogens with zero attached hydrogens (tertiary/aromatic N) is 2. The second kappa shape index (κ2) is 10.1. The molecule has 0 unspecified atom stereocenters. The van der Waals surface area contributed by atoms with E-state index >= 15 is 0 Å². The molecule has 0 aromatic heterocycles. The summed E-state index contributed by atoms with van der Waals surface area (Å²) in [4.78, 5) is 41.3. The fourth-order valence-electron chi connectivity index (χ4n) is 3.49. The Hall–Kier alpha value is -1.62. The summed E-state index contributed by atoms with van der Waals surface area (Å²) in [7, 11) is -0.208. The highest BCUT2D eigenvalue weighted by atomic mass is 32.2. The van der Waals surface area contributed by atoms with Gasteiger partial charge in [0.2, 0.25) is 11.8 Å². The van der Waals surface area contributed by atoms with Gasteiger partial charge in [0.05, 0.1) is 12.0 Å². The Morgan fingerprint density at radius 3 is 2.53 bits per heavy atom. The van der Waals surface area contributed by atoms with E-state index in [9.17, 15) is 14.4 Å². The summed E-state index contributed by atoms with van der Waals surface area (Å²) < 4.78 is 11.8. The fraction of sp³-hybridized carbons (Fsp3) is 0.682. The summed E-state index contributed by atoms with van der Waals surface area (Å²) in [6.45, 7) is 17.3. The Kier molecular flexibility index (Phi) is 8.41. The lowest BCUT2D eigenvalue weighted by atomic mass is 9.92. The summed E-state index contributed by atoms with van der Waals surface area (Å²) >= 11 is 1.50. The van der Waals surface area contributed by atoms with Crippen LogP contribution in [-0.4, -0.2) is 74.1 Å². The van der Waals surface area contributed by atoms with Gasteiger partial charge < -0.3 is 19.8 Å². The molecular formula is C22H37N3O5SSi. The van der Waals surface area contributed by atoms with Crippen LogP contribution in [0.1, 0.15) is 34.1 Å². The first-order valence-electron chi connectivity index (χ1n) is 10.9. The molecule has 0 aromatic rings. The van der Waals surface area contributed by atoms with Crippen LogP contribution in [0.3, 0.4) is 0 Å². The molecule has 32 heavy (non-hydrogen) atoms. The maximum atomic E-state index is 13.2. The lowest BCUT2D eigenvalue weighted by Crippen LogP contribution is -2.62. The number of primary amides is 1. The number of fused-ring (bicyclic) bond motifs is 1. The Morgan fingerprint density at radius 2 is 2.00 bits per heavy atom. The van der Waals surface area contributed by atoms with Gasteiger partial charge in [-0.2, -0.15) is 0 Å². The number of carbonyl (C=O) groups is 3. The van der Waals surface area contributed by atoms with Gasteiger partial charge in [0, 0.05) is 24.4 Å². The van der Waals surface area contributed by atoms with Crippen LogP contribution in [0.2, 0.25) is 18.1 Å². The number of carbonyl (C=O) groups excluding carboxylic acids is 3. The van der Waals surface area contributed by atoms with Gasteiger partial charge in [-0.15, -0.1) is 11.8 Å². The lowest BCUT2D eigenvalue weighted by Gasteiger charge is -2.48. The number of rotatable bonds is 11. The van der Waals surface area contributed by atoms with Crippen molar-refractivity contribution < 1.29 is 23.5 Å². The SMILES string of the molecule is C=CCOC(=O)C1=C(CN(C)CCC(N)=O)S[C@@H]2[C@@H]([C@@H](C)O[Si](C)(C)C(C)(C)C)C(=O)N12. The maximum Gasteiger partial charge on any atom is 0.356 e. The number of hydrogen-bond donors (Lipinski definition) is 1. The molecule has 2 aliphatic rings. The van der Waals surface area contributed by atoms with Crippen molar-refractivity contribution in [1.82, 2.24) is 9.80 Å². The topological polar surface area (TPSA) is 102 Å². The minimum Gasteiger partial charge on any atom is -0.457 e. The average Bonchev–Trinajstić information content (AvgIpc) is 2.97. The molecule has 0 spiro atoms. The summed E-state index contributed by atoms with van der Waals surface area (Å²) in [6.07, 6.45) is 1.46. The van der Waals surface area contributed by atoms with E-state index in [0.717, 1.165) is 4.91 Å². The number of ether oxygens (including phenoxy) is 1. The van der Waals surface area contributed by atoms with Gasteiger partial charge in [0.25, 0.3) is 0 Å². The normalized spacial score (nSPS) is 22.0. The van der Waals surface area contributed by atoms with E-state index < -0.39 is 14.3 Å². The Morgan fingerprint density at radius 1 is 1.38 bits per heavy atom. The molecule has 0 aromatic carbocycles. The second-order valence-electron chi connectivity index (χ2n) is 9.94. The van der Waals surface area contributed by atoms with Crippen molar-refractivity contribution in [2.45, 2.75) is 63.7 Å². The van der Waals surface area contributed by atoms with Gasteiger partial charge in [-0.3, -0.25) is 14.5 Å². The van der Waals surface area contributed by atoms with Gasteiger partial charge in [0.1, 0.15) is 17.7 Å². The number of likely N-dealkylation sites (N-methyl/N-ethyl adjacent to an activating group) is 1. The third kappa shape index (κ3) is 5.65. The molecule has 0 radical (unpaired) electrons. The lowest BCUT2D eigenvalue weighted by molar-refractivity contribution is -0.157. The van der Waals surface area contributed by atoms with Crippen LogP contribution >= 0.6 is 11.8 Å². The van der Waals surface area contributed by atoms with E-state index in [0.29, 0.717) is 13.1 Å². The molecule has 2 rings (SSSR count). The average molecular weight is 484 g/mol. The molecule has 1 fully saturated rings. The zero-order valence-corrected chi connectivity index (χ0v) is 22.1. The van der Waals surface area contributed by atoms with Gasteiger partial charge in [-0.05, 0) is 32.1 Å². The van der Waals surface area contributed by atoms with Gasteiger partial charge in [-0.25, -0.2) is 4.79 Å². The van der Waals surface area contributed by atoms with Crippen LogP contribution in [0.4, 0.5) is 0 Å². The van der Waals surface area contributed by atoms with E-state index in [1.165, 1.54) is 17.8 Å². The van der Waals surface area contributed by atoms with Gasteiger partial charge in [-0.1, -0.05) is 33.4 Å². The minimum atomic E-state index is -2.06. The third-order valence-corrected chi connectivity index (χ3v) is 12.2. The largest absolute Gasteiger partial charge is 0.457 e. The second-order valence-corrected chi connectivity index (χ2v) is 15.9. The van der Waals surface area contributed by atoms with Crippen LogP contribution < -0.4 is 5.73 Å². The highest BCUT2D eigenvalue weighted by Gasteiger charge is 2.59. The number of β-lactam (4-membered cyclic amide) rings is 1. The predicted molar refractivity (Wildman–Crippen MR) is 129 cm³/mol. The van der Waals surface area contributed by atoms with Gasteiger partial charge in [0.15, 0.2) is 8.32 Å². The minimum absolute atomic E-state index is 0.0305. The van der Waals surface area contributed by atoms with Crippen molar-refractivity contribution in [3.05, 3.63) is 23.3 Å². The Balaban J connectivity index is 2.21. The summed E-state index contributed by atoms with van der Waals surface area (Å²) in [5.74, 6) is -1.37. The van der Waals surface area contributed by atoms with Crippen molar-refractivity contribution in [3.8, 4) is 0 Å². The molecule has 0 aliphatic carbocycles. The van der Waals surface area contributed by atoms with E-state index in [1.807, 2.05) is 18.9 Å². The number of amides is 2. The standard InChI is InChI=1S/C22H37N3O5SSi/c1-9-12-29-21(28)18-15(13-24(6)11-10-16(23)26)31-20-17(19(27)25(18)20)14(2)30-32(7,8)22(3,4)5/h9,14,17,20H,1,10-13H2,2-8H3,(H2,23,26)/t14-,17+,20-/m1/s1. The fourth-order valence-corrected chi connectivity index (χ4v) is 6.59. The smallest absolute Gasteiger partial charge is 0.356 e. The summed E-state index contributed by atoms with van der Waals surface area (Å²) in [6, 6.07) is 0. The Bertz CT molecular complexity index is 808. The first kappa shape index (κ1) is 26.6. The number of thioether (sulfide) groups is 1. The number of nitrogens with two attached hydrogens (primary N) is 1. The molecule has 8 nitrogen and oxygen atoms in total. The zero-order chi connectivity index (χ0) is 24.4. The molecule has 2 heterocycles. The maximum absolute atomic E-state index is 13.2. The first-order chi connectivity index (χ1) is 14.7. The van der Waals surface area contributed by atoms with Crippen LogP contribution in [-0.2, 0) is 23.5 Å². The molecular weight excluding hydrogens is 446 g/mol. The third-order valence-electron chi connectivity index (χ3n) is 6.32. The quantitative estimate of drug-likeness (QED) is 0.209. The molecule has 10 heteroatoms. The van der Waals surface area contributed by atoms with Crippen molar-refractivity contribution in [2.75, 3.05) is 26.7 Å². The number of hydrogen-bond acceptors (Lipinski definition) is 7. The van der Waals surface area contributed by atoms with Crippen molar-refractivity contribution in [3.63, 3.8) is 0 Å². The van der Waals surface area contributed by atoms with E-state index in [-0.39, 0.29) is 53.0 Å². The molecule has 2 amide bonds. The summed E-state index contributed by atoms with van der Waals surface area (Å²) in [5.41, 5.74) is 5.54. The van der Waals surface area contributed by atoms with Crippen molar-refractivity contribution >= 4 is 37.9 Å². The van der Waals surface area contributed by atoms with Crippen LogP contribution in [0.15, 0.2) is 23.3 Å². The first-order valence-corrected chi connectivity index (χ1v) is 14.7. The molecule has 2 N–H and O–H groups in total. The van der Waals surface area contributed by atoms with Crippen molar-refractivity contribution in [2.24, 2.45) is 11.7 Å². The Labute approximate surface area is 196 Å². The highest BCUT2D eigenvalue weighted by molar-refractivity contribution is 8.04. The zero-order valence-electron chi connectivity index (χ0n) is 20.3. The predicted octanol–water partition coefficient (Wildman–Crippen LogP) is 2.68. The number of esters is 1. The van der Waals surface area contributed by atoms with Crippen LogP contribution in [0.25, 0.3) is 0 Å². The van der Waals surface area contributed by atoms with E-state index in [4.69, 9.17) is 14.9 Å². The van der Waals surface area contributed by atoms with E-state index in [2.05, 4.69) is 40.4 Å². The molecule has 2 aliphatic heterocycles. The van der Waals surface area contributed by atoms with Crippen molar-refractivity contribution in [1.29, 1.82) is 0 Å². The molecule has 180 valence electrons. The molecule has 3 atom stereocenters. The van der Waals surface area contributed by atoms with E-state index in [1.54, 1.807) is 4.90 Å². The van der Waals surface area contributed by atoms with Crippen LogP contribution in [0.5, 0.6) is 0 Å². The molecule has 1 saturated heterocycles. The summed E-state index contributed by atoms with van der Waals surface area (Å²) in [5, 5.41) is -0.170. The van der Waals surface area contributed by atoms with Gasteiger partial charge >= 0.3 is 5.97 Å². The highest BCUT2D eigenvalue weighted by Crippen LogP contribution is 2.52. The molecule has 0 saturated carbocycles. The molecule has 0 bridgehead atoms.